The number of rotatable bonds is 0. The maximum absolute atomic E-state index is 4.25. The molecule has 0 fully saturated rings. The van der Waals surface area contributed by atoms with Crippen LogP contribution in [-0.4, -0.2) is 43.1 Å². The summed E-state index contributed by atoms with van der Waals surface area (Å²) in [5.41, 5.74) is 0. The molecule has 0 atom stereocenters. The van der Waals surface area contributed by atoms with Crippen molar-refractivity contribution in [3.05, 3.63) is 0 Å². The van der Waals surface area contributed by atoms with Crippen molar-refractivity contribution in [1.29, 1.82) is 0 Å². The Labute approximate surface area is 54.1 Å². The summed E-state index contributed by atoms with van der Waals surface area (Å²) in [7, 11) is 0. The van der Waals surface area contributed by atoms with Crippen LogP contribution in [0.5, 0.6) is 0 Å². The van der Waals surface area contributed by atoms with E-state index in [1.54, 1.807) is 0 Å². The lowest BCUT2D eigenvalue weighted by Crippen LogP contribution is -2.34. The molecule has 0 saturated heterocycles. The maximum Gasteiger partial charge on any atom is 0.142 e. The summed E-state index contributed by atoms with van der Waals surface area (Å²) >= 11 is 0. The molecule has 2 rings (SSSR count). The van der Waals surface area contributed by atoms with Gasteiger partial charge in [0.2, 0.25) is 0 Å². The fourth-order valence-corrected chi connectivity index (χ4v) is 1.17. The molecule has 0 saturated carbocycles. The molecular weight excluding hydrogens is 114 g/mol. The van der Waals surface area contributed by atoms with Crippen molar-refractivity contribution in [2.24, 2.45) is 9.98 Å². The first-order valence-electron chi connectivity index (χ1n) is 3.26. The first-order chi connectivity index (χ1) is 4.47. The third-order valence-corrected chi connectivity index (χ3v) is 1.67. The lowest BCUT2D eigenvalue weighted by molar-refractivity contribution is 0.467. The molecule has 3 heteroatoms. The van der Waals surface area contributed by atoms with Crippen molar-refractivity contribution in [3.8, 4) is 0 Å². The maximum atomic E-state index is 4.25. The minimum Gasteiger partial charge on any atom is -0.352 e. The minimum absolute atomic E-state index is 0.943. The Morgan fingerprint density at radius 2 is 2.22 bits per heavy atom. The van der Waals surface area contributed by atoms with Crippen LogP contribution in [-0.2, 0) is 0 Å². The predicted molar refractivity (Wildman–Crippen MR) is 37.2 cm³/mol. The number of aliphatic imine (C=N–C) groups is 2. The predicted octanol–water partition coefficient (Wildman–Crippen LogP) is -0.215. The van der Waals surface area contributed by atoms with Crippen LogP contribution < -0.4 is 0 Å². The first-order valence-corrected chi connectivity index (χ1v) is 3.26. The van der Waals surface area contributed by atoms with Crippen LogP contribution >= 0.6 is 0 Å². The zero-order valence-corrected chi connectivity index (χ0v) is 5.25. The highest BCUT2D eigenvalue weighted by Crippen LogP contribution is 2.02. The van der Waals surface area contributed by atoms with Crippen molar-refractivity contribution < 1.29 is 0 Å². The van der Waals surface area contributed by atoms with Gasteiger partial charge < -0.3 is 4.90 Å². The summed E-state index contributed by atoms with van der Waals surface area (Å²) in [6.45, 7) is 4.07. The van der Waals surface area contributed by atoms with E-state index in [9.17, 15) is 0 Å². The minimum atomic E-state index is 0.943. The van der Waals surface area contributed by atoms with Crippen LogP contribution in [0.25, 0.3) is 0 Å². The van der Waals surface area contributed by atoms with Crippen LogP contribution in [0.4, 0.5) is 0 Å². The number of amidine groups is 1. The van der Waals surface area contributed by atoms with Crippen LogP contribution in [0.1, 0.15) is 0 Å². The second-order valence-corrected chi connectivity index (χ2v) is 2.26. The van der Waals surface area contributed by atoms with E-state index in [-0.39, 0.29) is 0 Å². The van der Waals surface area contributed by atoms with Crippen molar-refractivity contribution in [3.63, 3.8) is 0 Å². The largest absolute Gasteiger partial charge is 0.352 e. The molecule has 0 aromatic rings. The third kappa shape index (κ3) is 0.724. The quantitative estimate of drug-likeness (QED) is 0.438. The molecule has 0 aromatic carbocycles. The van der Waals surface area contributed by atoms with Crippen LogP contribution in [0.3, 0.4) is 0 Å². The van der Waals surface area contributed by atoms with E-state index >= 15 is 0 Å². The monoisotopic (exact) mass is 123 g/mol. The highest BCUT2D eigenvalue weighted by atomic mass is 15.3. The summed E-state index contributed by atoms with van der Waals surface area (Å²) in [6.07, 6.45) is 1.87. The number of hydrogen-bond donors (Lipinski definition) is 0. The Hall–Kier alpha value is -0.860. The van der Waals surface area contributed by atoms with Crippen LogP contribution in [0.2, 0.25) is 0 Å². The highest BCUT2D eigenvalue weighted by Gasteiger charge is 2.16. The summed E-state index contributed by atoms with van der Waals surface area (Å²) in [6, 6.07) is 0. The van der Waals surface area contributed by atoms with Crippen LogP contribution in [0, 0.1) is 0 Å². The van der Waals surface area contributed by atoms with E-state index in [1.165, 1.54) is 0 Å². The molecule has 48 valence electrons. The molecule has 0 N–H and O–H groups in total. The molecule has 0 spiro atoms. The van der Waals surface area contributed by atoms with E-state index in [1.807, 2.05) is 6.21 Å². The topological polar surface area (TPSA) is 28.0 Å². The summed E-state index contributed by atoms with van der Waals surface area (Å²) in [5, 5.41) is 0. The van der Waals surface area contributed by atoms with Crippen molar-refractivity contribution in [1.82, 2.24) is 4.90 Å². The normalized spacial score (nSPS) is 24.0. The molecule has 0 aliphatic carbocycles. The Morgan fingerprint density at radius 3 is 3.11 bits per heavy atom. The van der Waals surface area contributed by atoms with E-state index in [0.717, 1.165) is 32.0 Å². The van der Waals surface area contributed by atoms with E-state index in [2.05, 4.69) is 14.9 Å². The van der Waals surface area contributed by atoms with Gasteiger partial charge >= 0.3 is 0 Å². The standard InChI is InChI=1S/C6H9N3/c1-3-9-4-2-8-6(9)5-7-1/h5H,1-4H2. The van der Waals surface area contributed by atoms with Gasteiger partial charge in [0.05, 0.1) is 19.3 Å². The molecule has 9 heavy (non-hydrogen) atoms. The number of hydrogen-bond acceptors (Lipinski definition) is 3. The Morgan fingerprint density at radius 1 is 1.33 bits per heavy atom. The fourth-order valence-electron chi connectivity index (χ4n) is 1.17. The Kier molecular flexibility index (Phi) is 1.01. The highest BCUT2D eigenvalue weighted by molar-refractivity contribution is 6.30. The van der Waals surface area contributed by atoms with Gasteiger partial charge in [-0.2, -0.15) is 0 Å². The lowest BCUT2D eigenvalue weighted by Gasteiger charge is -2.19. The number of fused-ring (bicyclic) bond motifs is 1. The van der Waals surface area contributed by atoms with Crippen LogP contribution in [0.15, 0.2) is 9.98 Å². The zero-order chi connectivity index (χ0) is 6.10. The van der Waals surface area contributed by atoms with E-state index in [4.69, 9.17) is 0 Å². The van der Waals surface area contributed by atoms with Gasteiger partial charge in [0.15, 0.2) is 0 Å². The molecule has 0 amide bonds. The van der Waals surface area contributed by atoms with Gasteiger partial charge in [-0.05, 0) is 0 Å². The van der Waals surface area contributed by atoms with Gasteiger partial charge in [0.25, 0.3) is 0 Å². The first kappa shape index (κ1) is 4.97. The van der Waals surface area contributed by atoms with Gasteiger partial charge in [0, 0.05) is 13.1 Å². The lowest BCUT2D eigenvalue weighted by atomic mass is 10.4. The molecular formula is C6H9N3. The second kappa shape index (κ2) is 1.83. The average molecular weight is 123 g/mol. The van der Waals surface area contributed by atoms with Gasteiger partial charge in [-0.15, -0.1) is 0 Å². The Bertz CT molecular complexity index is 171. The van der Waals surface area contributed by atoms with E-state index < -0.39 is 0 Å². The second-order valence-electron chi connectivity index (χ2n) is 2.26. The van der Waals surface area contributed by atoms with Crippen molar-refractivity contribution in [2.45, 2.75) is 0 Å². The van der Waals surface area contributed by atoms with E-state index in [0.29, 0.717) is 0 Å². The van der Waals surface area contributed by atoms with Gasteiger partial charge in [0.1, 0.15) is 5.84 Å². The number of nitrogens with zero attached hydrogens (tertiary/aromatic N) is 3. The summed E-state index contributed by atoms with van der Waals surface area (Å²) < 4.78 is 0. The molecule has 2 heterocycles. The molecule has 0 radical (unpaired) electrons. The van der Waals surface area contributed by atoms with Gasteiger partial charge in [-0.25, -0.2) is 0 Å². The molecule has 3 nitrogen and oxygen atoms in total. The van der Waals surface area contributed by atoms with Crippen molar-refractivity contribution >= 4 is 12.1 Å². The molecule has 0 bridgehead atoms. The zero-order valence-electron chi connectivity index (χ0n) is 5.25. The van der Waals surface area contributed by atoms with Gasteiger partial charge in [-0.1, -0.05) is 0 Å². The fraction of sp³-hybridized carbons (Fsp3) is 0.667. The van der Waals surface area contributed by atoms with Crippen molar-refractivity contribution in [2.75, 3.05) is 26.2 Å². The SMILES string of the molecule is C1=NCCN2CCN=C12. The molecule has 0 aromatic heterocycles. The summed E-state index contributed by atoms with van der Waals surface area (Å²) in [5.74, 6) is 1.08. The summed E-state index contributed by atoms with van der Waals surface area (Å²) in [4.78, 5) is 10.6. The average Bonchev–Trinajstić information content (AvgIpc) is 2.33. The smallest absolute Gasteiger partial charge is 0.142 e. The van der Waals surface area contributed by atoms with Gasteiger partial charge in [-0.3, -0.25) is 9.98 Å². The molecule has 0 unspecified atom stereocenters. The Balaban J connectivity index is 2.24. The molecule has 2 aliphatic heterocycles. The molecule has 2 aliphatic rings. The third-order valence-electron chi connectivity index (χ3n) is 1.67.